The maximum Gasteiger partial charge on any atom is 0.226 e. The summed E-state index contributed by atoms with van der Waals surface area (Å²) in [7, 11) is 3.27. The molecule has 1 heterocycles. The molecular weight excluding hydrogens is 252 g/mol. The number of methoxy groups -OCH3 is 2. The van der Waals surface area contributed by atoms with Crippen molar-refractivity contribution in [3.63, 3.8) is 0 Å². The Kier molecular flexibility index (Phi) is 4.09. The van der Waals surface area contributed by atoms with Crippen molar-refractivity contribution < 1.29 is 13.9 Å². The van der Waals surface area contributed by atoms with Crippen LogP contribution in [0.15, 0.2) is 27.5 Å². The van der Waals surface area contributed by atoms with Crippen LogP contribution in [0.1, 0.15) is 11.8 Å². The molecule has 1 aromatic carbocycles. The molecule has 1 aromatic heterocycles. The fraction of sp³-hybridized carbons (Fsp3) is 0.333. The average Bonchev–Trinajstić information content (AvgIpc) is 2.81. The number of aryl methyl sites for hydroxylation is 1. The Hall–Kier alpha value is -1.69. The summed E-state index contributed by atoms with van der Waals surface area (Å²) in [6, 6.07) is 5.67. The van der Waals surface area contributed by atoms with Gasteiger partial charge in [0.05, 0.1) is 24.9 Å². The molecule has 0 amide bonds. The molecule has 2 aromatic rings. The minimum Gasteiger partial charge on any atom is -0.495 e. The highest BCUT2D eigenvalue weighted by Gasteiger charge is 2.12. The zero-order valence-corrected chi connectivity index (χ0v) is 11.3. The summed E-state index contributed by atoms with van der Waals surface area (Å²) in [6.07, 6.45) is 0. The Morgan fingerprint density at radius 2 is 1.83 bits per heavy atom. The molecule has 18 heavy (non-hydrogen) atoms. The molecule has 5 nitrogen and oxygen atoms in total. The Morgan fingerprint density at radius 1 is 1.17 bits per heavy atom. The van der Waals surface area contributed by atoms with Crippen molar-refractivity contribution in [2.75, 3.05) is 14.2 Å². The van der Waals surface area contributed by atoms with Crippen LogP contribution in [-0.2, 0) is 5.75 Å². The van der Waals surface area contributed by atoms with Crippen LogP contribution >= 0.6 is 11.8 Å². The number of nitrogens with zero attached hydrogens (tertiary/aromatic N) is 2. The second-order valence-corrected chi connectivity index (χ2v) is 4.48. The first-order valence-corrected chi connectivity index (χ1v) is 6.36. The van der Waals surface area contributed by atoms with Crippen LogP contribution in [-0.4, -0.2) is 24.4 Å². The molecule has 0 aliphatic rings. The number of aromatic nitrogens is 2. The monoisotopic (exact) mass is 266 g/mol. The lowest BCUT2D eigenvalue weighted by molar-refractivity contribution is 0.376. The maximum atomic E-state index is 5.33. The Bertz CT molecular complexity index is 506. The van der Waals surface area contributed by atoms with Crippen LogP contribution in [0, 0.1) is 6.92 Å². The highest BCUT2D eigenvalue weighted by Crippen LogP contribution is 2.38. The molecule has 0 radical (unpaired) electrons. The molecule has 0 saturated heterocycles. The quantitative estimate of drug-likeness (QED) is 0.775. The lowest BCUT2D eigenvalue weighted by Gasteiger charge is -2.11. The topological polar surface area (TPSA) is 57.4 Å². The Balaban J connectivity index is 2.17. The molecule has 0 saturated carbocycles. The molecule has 0 bridgehead atoms. The number of ether oxygens (including phenoxy) is 2. The van der Waals surface area contributed by atoms with Gasteiger partial charge in [0.15, 0.2) is 0 Å². The van der Waals surface area contributed by atoms with E-state index >= 15 is 0 Å². The summed E-state index contributed by atoms with van der Waals surface area (Å²) < 4.78 is 16.0. The summed E-state index contributed by atoms with van der Waals surface area (Å²) in [6.45, 7) is 1.77. The predicted molar refractivity (Wildman–Crippen MR) is 68.1 cm³/mol. The molecular formula is C12H14N2O3S. The molecule has 0 aliphatic heterocycles. The van der Waals surface area contributed by atoms with Crippen molar-refractivity contribution >= 4 is 11.8 Å². The third kappa shape index (κ3) is 2.76. The van der Waals surface area contributed by atoms with Crippen LogP contribution in [0.25, 0.3) is 0 Å². The third-order valence-electron chi connectivity index (χ3n) is 2.29. The van der Waals surface area contributed by atoms with Crippen LogP contribution in [0.2, 0.25) is 0 Å². The zero-order chi connectivity index (χ0) is 13.0. The number of hydrogen-bond donors (Lipinski definition) is 0. The molecule has 0 atom stereocenters. The molecule has 0 spiro atoms. The maximum absolute atomic E-state index is 5.33. The van der Waals surface area contributed by atoms with Crippen LogP contribution in [0.4, 0.5) is 0 Å². The normalized spacial score (nSPS) is 10.4. The van der Waals surface area contributed by atoms with Gasteiger partial charge in [0, 0.05) is 6.92 Å². The van der Waals surface area contributed by atoms with Gasteiger partial charge in [-0.05, 0) is 12.1 Å². The van der Waals surface area contributed by atoms with E-state index in [2.05, 4.69) is 10.2 Å². The number of rotatable bonds is 5. The van der Waals surface area contributed by atoms with Crippen molar-refractivity contribution in [2.45, 2.75) is 17.6 Å². The van der Waals surface area contributed by atoms with Gasteiger partial charge in [-0.1, -0.05) is 6.07 Å². The number of benzene rings is 1. The summed E-state index contributed by atoms with van der Waals surface area (Å²) in [4.78, 5) is 0.929. The predicted octanol–water partition coefficient (Wildman–Crippen LogP) is 2.69. The van der Waals surface area contributed by atoms with Crippen LogP contribution < -0.4 is 9.47 Å². The summed E-state index contributed by atoms with van der Waals surface area (Å²) in [5.41, 5.74) is 0. The van der Waals surface area contributed by atoms with Crippen molar-refractivity contribution in [3.05, 3.63) is 30.0 Å². The first-order valence-electron chi connectivity index (χ1n) is 5.37. The Morgan fingerprint density at radius 3 is 2.33 bits per heavy atom. The Labute approximate surface area is 110 Å². The van der Waals surface area contributed by atoms with Gasteiger partial charge in [0.2, 0.25) is 11.8 Å². The fourth-order valence-electron chi connectivity index (χ4n) is 1.49. The minimum atomic E-state index is 0.567. The fourth-order valence-corrected chi connectivity index (χ4v) is 2.46. The molecule has 96 valence electrons. The summed E-state index contributed by atoms with van der Waals surface area (Å²) >= 11 is 1.54. The van der Waals surface area contributed by atoms with Gasteiger partial charge in [0.1, 0.15) is 11.5 Å². The van der Waals surface area contributed by atoms with Gasteiger partial charge in [-0.25, -0.2) is 0 Å². The molecule has 0 unspecified atom stereocenters. The molecule has 2 rings (SSSR count). The molecule has 0 N–H and O–H groups in total. The largest absolute Gasteiger partial charge is 0.495 e. The van der Waals surface area contributed by atoms with Crippen molar-refractivity contribution in [1.29, 1.82) is 0 Å². The van der Waals surface area contributed by atoms with Crippen LogP contribution in [0.5, 0.6) is 11.5 Å². The summed E-state index contributed by atoms with van der Waals surface area (Å²) in [5, 5.41) is 7.74. The lowest BCUT2D eigenvalue weighted by Crippen LogP contribution is -1.92. The van der Waals surface area contributed by atoms with Gasteiger partial charge in [-0.3, -0.25) is 0 Å². The zero-order valence-electron chi connectivity index (χ0n) is 10.5. The smallest absolute Gasteiger partial charge is 0.226 e. The highest BCUT2D eigenvalue weighted by atomic mass is 32.2. The van der Waals surface area contributed by atoms with Gasteiger partial charge >= 0.3 is 0 Å². The van der Waals surface area contributed by atoms with E-state index in [1.54, 1.807) is 32.9 Å². The van der Waals surface area contributed by atoms with E-state index in [9.17, 15) is 0 Å². The van der Waals surface area contributed by atoms with E-state index in [0.717, 1.165) is 16.4 Å². The van der Waals surface area contributed by atoms with Gasteiger partial charge in [-0.15, -0.1) is 22.0 Å². The lowest BCUT2D eigenvalue weighted by atomic mass is 10.3. The molecule has 0 aliphatic carbocycles. The summed E-state index contributed by atoms with van der Waals surface area (Å²) in [5.74, 6) is 3.28. The first-order chi connectivity index (χ1) is 8.74. The number of thioether (sulfide) groups is 1. The van der Waals surface area contributed by atoms with E-state index in [-0.39, 0.29) is 0 Å². The van der Waals surface area contributed by atoms with Crippen molar-refractivity contribution in [2.24, 2.45) is 0 Å². The van der Waals surface area contributed by atoms with E-state index < -0.39 is 0 Å². The van der Waals surface area contributed by atoms with Gasteiger partial charge in [0.25, 0.3) is 0 Å². The van der Waals surface area contributed by atoms with Crippen LogP contribution in [0.3, 0.4) is 0 Å². The molecule has 6 heteroatoms. The standard InChI is InChI=1S/C12H14N2O3S/c1-8-13-14-11(17-8)7-18-12-9(15-2)5-4-6-10(12)16-3/h4-6H,7H2,1-3H3. The van der Waals surface area contributed by atoms with E-state index in [0.29, 0.717) is 17.5 Å². The first kappa shape index (κ1) is 12.8. The second-order valence-electron chi connectivity index (χ2n) is 3.50. The average molecular weight is 266 g/mol. The van der Waals surface area contributed by atoms with E-state index in [1.807, 2.05) is 18.2 Å². The van der Waals surface area contributed by atoms with E-state index in [1.165, 1.54) is 0 Å². The van der Waals surface area contributed by atoms with Gasteiger partial charge in [-0.2, -0.15) is 0 Å². The van der Waals surface area contributed by atoms with Gasteiger partial charge < -0.3 is 13.9 Å². The van der Waals surface area contributed by atoms with Crippen molar-refractivity contribution in [1.82, 2.24) is 10.2 Å². The second kappa shape index (κ2) is 5.77. The van der Waals surface area contributed by atoms with E-state index in [4.69, 9.17) is 13.9 Å². The molecule has 0 fully saturated rings. The number of hydrogen-bond acceptors (Lipinski definition) is 6. The third-order valence-corrected chi connectivity index (χ3v) is 3.37. The highest BCUT2D eigenvalue weighted by molar-refractivity contribution is 7.98. The minimum absolute atomic E-state index is 0.567. The van der Waals surface area contributed by atoms with Crippen molar-refractivity contribution in [3.8, 4) is 11.5 Å². The SMILES string of the molecule is COc1cccc(OC)c1SCc1nnc(C)o1.